The SMILES string of the molecule is CCN(CC)C(C)(C)C(NC)C1CCCc2cccnc21. The predicted octanol–water partition coefficient (Wildman–Crippen LogP) is 3.21. The van der Waals surface area contributed by atoms with Gasteiger partial charge >= 0.3 is 0 Å². The van der Waals surface area contributed by atoms with E-state index in [2.05, 4.69) is 57.1 Å². The van der Waals surface area contributed by atoms with Crippen LogP contribution in [0.2, 0.25) is 0 Å². The van der Waals surface area contributed by atoms with Crippen LogP contribution in [-0.4, -0.2) is 41.6 Å². The molecule has 1 heterocycles. The van der Waals surface area contributed by atoms with Crippen LogP contribution in [0.25, 0.3) is 0 Å². The van der Waals surface area contributed by atoms with E-state index in [1.165, 1.54) is 30.5 Å². The Kier molecular flexibility index (Phi) is 5.39. The summed E-state index contributed by atoms with van der Waals surface area (Å²) in [5, 5.41) is 3.62. The topological polar surface area (TPSA) is 28.2 Å². The number of fused-ring (bicyclic) bond motifs is 1. The van der Waals surface area contributed by atoms with Gasteiger partial charge in [0, 0.05) is 29.4 Å². The Labute approximate surface area is 130 Å². The van der Waals surface area contributed by atoms with E-state index in [4.69, 9.17) is 4.98 Å². The van der Waals surface area contributed by atoms with E-state index in [0.29, 0.717) is 12.0 Å². The first-order valence-electron chi connectivity index (χ1n) is 8.42. The molecule has 21 heavy (non-hydrogen) atoms. The second kappa shape index (κ2) is 6.89. The van der Waals surface area contributed by atoms with Crippen molar-refractivity contribution in [3.63, 3.8) is 0 Å². The number of nitrogens with one attached hydrogen (secondary N) is 1. The maximum absolute atomic E-state index is 4.74. The zero-order valence-corrected chi connectivity index (χ0v) is 14.3. The summed E-state index contributed by atoms with van der Waals surface area (Å²) < 4.78 is 0. The van der Waals surface area contributed by atoms with E-state index in [1.807, 2.05) is 6.20 Å². The minimum absolute atomic E-state index is 0.120. The zero-order chi connectivity index (χ0) is 15.5. The summed E-state index contributed by atoms with van der Waals surface area (Å²) >= 11 is 0. The highest BCUT2D eigenvalue weighted by Crippen LogP contribution is 2.37. The average molecular weight is 289 g/mol. The molecule has 0 aromatic carbocycles. The molecule has 1 aliphatic carbocycles. The van der Waals surface area contributed by atoms with Gasteiger partial charge in [0.15, 0.2) is 0 Å². The van der Waals surface area contributed by atoms with Crippen molar-refractivity contribution in [1.82, 2.24) is 15.2 Å². The maximum atomic E-state index is 4.74. The van der Waals surface area contributed by atoms with Gasteiger partial charge in [0.05, 0.1) is 0 Å². The molecule has 1 aromatic heterocycles. The second-order valence-electron chi connectivity index (χ2n) is 6.64. The molecule has 0 saturated carbocycles. The molecule has 0 saturated heterocycles. The standard InChI is InChI=1S/C18H31N3/c1-6-21(7-2)18(3,4)17(19-5)15-12-8-10-14-11-9-13-20-16(14)15/h9,11,13,15,17,19H,6-8,10,12H2,1-5H3. The van der Waals surface area contributed by atoms with Gasteiger partial charge < -0.3 is 5.32 Å². The van der Waals surface area contributed by atoms with E-state index in [9.17, 15) is 0 Å². The molecule has 0 aliphatic heterocycles. The first-order valence-corrected chi connectivity index (χ1v) is 8.42. The monoisotopic (exact) mass is 289 g/mol. The third-order valence-electron chi connectivity index (χ3n) is 5.29. The second-order valence-corrected chi connectivity index (χ2v) is 6.64. The van der Waals surface area contributed by atoms with Crippen LogP contribution in [0.4, 0.5) is 0 Å². The minimum atomic E-state index is 0.120. The molecule has 0 bridgehead atoms. The zero-order valence-electron chi connectivity index (χ0n) is 14.3. The van der Waals surface area contributed by atoms with Crippen LogP contribution in [0, 0.1) is 0 Å². The minimum Gasteiger partial charge on any atom is -0.315 e. The molecule has 0 spiro atoms. The third kappa shape index (κ3) is 3.14. The van der Waals surface area contributed by atoms with Crippen LogP contribution < -0.4 is 5.32 Å². The fourth-order valence-corrected chi connectivity index (χ4v) is 4.25. The lowest BCUT2D eigenvalue weighted by Crippen LogP contribution is -2.59. The van der Waals surface area contributed by atoms with Gasteiger partial charge in [-0.3, -0.25) is 9.88 Å². The lowest BCUT2D eigenvalue weighted by molar-refractivity contribution is 0.0789. The molecule has 118 valence electrons. The molecule has 2 rings (SSSR count). The summed E-state index contributed by atoms with van der Waals surface area (Å²) in [5.74, 6) is 0.510. The fraction of sp³-hybridized carbons (Fsp3) is 0.722. The lowest BCUT2D eigenvalue weighted by Gasteiger charge is -2.47. The molecular weight excluding hydrogens is 258 g/mol. The Morgan fingerprint density at radius 3 is 2.71 bits per heavy atom. The first kappa shape index (κ1) is 16.4. The average Bonchev–Trinajstić information content (AvgIpc) is 2.49. The molecule has 1 aliphatic rings. The Balaban J connectivity index is 2.34. The Bertz CT molecular complexity index is 452. The van der Waals surface area contributed by atoms with Gasteiger partial charge in [-0.05, 0) is 64.9 Å². The van der Waals surface area contributed by atoms with Crippen LogP contribution in [-0.2, 0) is 6.42 Å². The van der Waals surface area contributed by atoms with E-state index in [0.717, 1.165) is 13.1 Å². The van der Waals surface area contributed by atoms with Crippen molar-refractivity contribution in [2.24, 2.45) is 0 Å². The predicted molar refractivity (Wildman–Crippen MR) is 89.8 cm³/mol. The highest BCUT2D eigenvalue weighted by Gasteiger charge is 2.40. The van der Waals surface area contributed by atoms with Gasteiger partial charge in [-0.1, -0.05) is 19.9 Å². The molecule has 3 nitrogen and oxygen atoms in total. The normalized spacial score (nSPS) is 20.4. The number of pyridine rings is 1. The van der Waals surface area contributed by atoms with Crippen LogP contribution in [0.15, 0.2) is 18.3 Å². The van der Waals surface area contributed by atoms with Crippen molar-refractivity contribution in [1.29, 1.82) is 0 Å². The Hall–Kier alpha value is -0.930. The van der Waals surface area contributed by atoms with Gasteiger partial charge in [0.25, 0.3) is 0 Å². The highest BCUT2D eigenvalue weighted by molar-refractivity contribution is 5.28. The van der Waals surface area contributed by atoms with Crippen molar-refractivity contribution < 1.29 is 0 Å². The van der Waals surface area contributed by atoms with Crippen molar-refractivity contribution in [2.45, 2.75) is 64.5 Å². The number of aryl methyl sites for hydroxylation is 1. The van der Waals surface area contributed by atoms with Gasteiger partial charge in [0.1, 0.15) is 0 Å². The number of nitrogens with zero attached hydrogens (tertiary/aromatic N) is 2. The Morgan fingerprint density at radius 1 is 1.38 bits per heavy atom. The smallest absolute Gasteiger partial charge is 0.0482 e. The van der Waals surface area contributed by atoms with E-state index in [-0.39, 0.29) is 5.54 Å². The van der Waals surface area contributed by atoms with Gasteiger partial charge in [-0.2, -0.15) is 0 Å². The fourth-order valence-electron chi connectivity index (χ4n) is 4.25. The summed E-state index contributed by atoms with van der Waals surface area (Å²) in [5.41, 5.74) is 2.89. The number of aromatic nitrogens is 1. The first-order chi connectivity index (χ1) is 10.1. The number of rotatable bonds is 6. The Morgan fingerprint density at radius 2 is 2.10 bits per heavy atom. The van der Waals surface area contributed by atoms with E-state index >= 15 is 0 Å². The van der Waals surface area contributed by atoms with Crippen LogP contribution in [0.5, 0.6) is 0 Å². The molecular formula is C18H31N3. The summed E-state index contributed by atoms with van der Waals surface area (Å²) in [6.45, 7) is 11.4. The van der Waals surface area contributed by atoms with Crippen molar-refractivity contribution in [2.75, 3.05) is 20.1 Å². The van der Waals surface area contributed by atoms with Crippen LogP contribution in [0.3, 0.4) is 0 Å². The van der Waals surface area contributed by atoms with Gasteiger partial charge in [0.2, 0.25) is 0 Å². The molecule has 1 aromatic rings. The molecule has 2 unspecified atom stereocenters. The molecule has 3 heteroatoms. The summed E-state index contributed by atoms with van der Waals surface area (Å²) in [4.78, 5) is 7.30. The molecule has 0 radical (unpaired) electrons. The molecule has 2 atom stereocenters. The molecule has 0 amide bonds. The number of likely N-dealkylation sites (N-methyl/N-ethyl adjacent to an activating group) is 2. The van der Waals surface area contributed by atoms with Crippen molar-refractivity contribution in [3.8, 4) is 0 Å². The largest absolute Gasteiger partial charge is 0.315 e. The van der Waals surface area contributed by atoms with Crippen LogP contribution in [0.1, 0.15) is 57.7 Å². The van der Waals surface area contributed by atoms with Gasteiger partial charge in [-0.25, -0.2) is 0 Å². The van der Waals surface area contributed by atoms with Crippen molar-refractivity contribution in [3.05, 3.63) is 29.6 Å². The van der Waals surface area contributed by atoms with E-state index < -0.39 is 0 Å². The summed E-state index contributed by atoms with van der Waals surface area (Å²) in [6, 6.07) is 4.75. The highest BCUT2D eigenvalue weighted by atomic mass is 15.2. The summed E-state index contributed by atoms with van der Waals surface area (Å²) in [7, 11) is 2.10. The quantitative estimate of drug-likeness (QED) is 0.871. The number of hydrogen-bond donors (Lipinski definition) is 1. The van der Waals surface area contributed by atoms with E-state index in [1.54, 1.807) is 0 Å². The van der Waals surface area contributed by atoms with Crippen molar-refractivity contribution >= 4 is 0 Å². The van der Waals surface area contributed by atoms with Crippen LogP contribution >= 0.6 is 0 Å². The maximum Gasteiger partial charge on any atom is 0.0482 e. The molecule has 0 fully saturated rings. The molecule has 1 N–H and O–H groups in total. The third-order valence-corrected chi connectivity index (χ3v) is 5.29. The van der Waals surface area contributed by atoms with Gasteiger partial charge in [-0.15, -0.1) is 0 Å². The lowest BCUT2D eigenvalue weighted by atomic mass is 9.74. The summed E-state index contributed by atoms with van der Waals surface area (Å²) in [6.07, 6.45) is 5.65. The number of hydrogen-bond acceptors (Lipinski definition) is 3.